The number of cyclic esters (lactones) is 1. The molecule has 11 heteroatoms. The van der Waals surface area contributed by atoms with Gasteiger partial charge in [0.25, 0.3) is 5.69 Å². The minimum absolute atomic E-state index is 0.0374. The summed E-state index contributed by atoms with van der Waals surface area (Å²) in [6, 6.07) is 15.3. The molecule has 0 radical (unpaired) electrons. The van der Waals surface area contributed by atoms with E-state index in [0.29, 0.717) is 28.1 Å². The molecule has 3 aromatic rings. The standard InChI is InChI=1S/C24H15BrClIN2O6/c1-33-21-10-14(8-18(25)22(21)34-12-13-2-4-15(27)5-3-13)9-20-24(30)35-23(28-20)17-7-6-16(29(31)32)11-19(17)26/h2-11H,12H2,1H3/b20-9-. The van der Waals surface area contributed by atoms with E-state index in [9.17, 15) is 14.9 Å². The Morgan fingerprint density at radius 1 is 1.20 bits per heavy atom. The molecule has 0 aliphatic carbocycles. The van der Waals surface area contributed by atoms with Crippen LogP contribution in [0.4, 0.5) is 5.69 Å². The molecule has 0 N–H and O–H groups in total. The van der Waals surface area contributed by atoms with Crippen LogP contribution in [0.2, 0.25) is 5.02 Å². The van der Waals surface area contributed by atoms with Gasteiger partial charge in [0, 0.05) is 15.7 Å². The lowest BCUT2D eigenvalue weighted by Gasteiger charge is -2.14. The second kappa shape index (κ2) is 10.8. The number of nitro groups is 1. The summed E-state index contributed by atoms with van der Waals surface area (Å²) < 4.78 is 18.5. The van der Waals surface area contributed by atoms with Crippen LogP contribution >= 0.6 is 50.1 Å². The maximum Gasteiger partial charge on any atom is 0.363 e. The highest BCUT2D eigenvalue weighted by Crippen LogP contribution is 2.38. The van der Waals surface area contributed by atoms with E-state index in [4.69, 9.17) is 25.8 Å². The molecule has 1 heterocycles. The van der Waals surface area contributed by atoms with Crippen molar-refractivity contribution in [2.75, 3.05) is 7.11 Å². The molecule has 0 saturated heterocycles. The Labute approximate surface area is 227 Å². The summed E-state index contributed by atoms with van der Waals surface area (Å²) in [4.78, 5) is 27.0. The van der Waals surface area contributed by atoms with Crippen molar-refractivity contribution in [3.8, 4) is 11.5 Å². The molecule has 0 saturated carbocycles. The Balaban J connectivity index is 1.59. The molecule has 1 aliphatic heterocycles. The molecular weight excluding hydrogens is 655 g/mol. The number of benzene rings is 3. The first kappa shape index (κ1) is 25.1. The molecule has 4 rings (SSSR count). The Hall–Kier alpha value is -2.96. The van der Waals surface area contributed by atoms with Crippen LogP contribution in [0.5, 0.6) is 11.5 Å². The van der Waals surface area contributed by atoms with Crippen molar-refractivity contribution in [1.82, 2.24) is 0 Å². The molecular formula is C24H15BrClIN2O6. The number of esters is 1. The van der Waals surface area contributed by atoms with E-state index in [1.807, 2.05) is 24.3 Å². The lowest BCUT2D eigenvalue weighted by molar-refractivity contribution is -0.384. The zero-order chi connectivity index (χ0) is 25.1. The summed E-state index contributed by atoms with van der Waals surface area (Å²) in [5, 5.41) is 11.0. The van der Waals surface area contributed by atoms with Gasteiger partial charge in [-0.05, 0) is 86.1 Å². The Morgan fingerprint density at radius 2 is 1.94 bits per heavy atom. The number of nitro benzene ring substituents is 1. The van der Waals surface area contributed by atoms with E-state index < -0.39 is 10.9 Å². The summed E-state index contributed by atoms with van der Waals surface area (Å²) in [6.07, 6.45) is 1.53. The molecule has 8 nitrogen and oxygen atoms in total. The minimum atomic E-state index is -0.677. The number of aliphatic imine (C=N–C) groups is 1. The van der Waals surface area contributed by atoms with Gasteiger partial charge in [-0.15, -0.1) is 0 Å². The maximum atomic E-state index is 12.4. The molecule has 0 amide bonds. The summed E-state index contributed by atoms with van der Waals surface area (Å²) in [7, 11) is 1.52. The zero-order valence-corrected chi connectivity index (χ0v) is 22.5. The monoisotopic (exact) mass is 668 g/mol. The third-order valence-corrected chi connectivity index (χ3v) is 6.49. The van der Waals surface area contributed by atoms with Gasteiger partial charge in [0.05, 0.1) is 27.1 Å². The maximum absolute atomic E-state index is 12.4. The molecule has 0 spiro atoms. The quantitative estimate of drug-likeness (QED) is 0.0931. The van der Waals surface area contributed by atoms with Gasteiger partial charge < -0.3 is 14.2 Å². The van der Waals surface area contributed by atoms with Gasteiger partial charge in [-0.3, -0.25) is 10.1 Å². The smallest absolute Gasteiger partial charge is 0.363 e. The predicted molar refractivity (Wildman–Crippen MR) is 143 cm³/mol. The third-order valence-electron chi connectivity index (χ3n) is 4.87. The Kier molecular flexibility index (Phi) is 7.72. The van der Waals surface area contributed by atoms with Crippen LogP contribution in [0.15, 0.2) is 69.8 Å². The van der Waals surface area contributed by atoms with Crippen LogP contribution in [0, 0.1) is 13.7 Å². The SMILES string of the molecule is COc1cc(/C=C2\N=C(c3ccc([N+](=O)[O-])cc3Cl)OC2=O)cc(Br)c1OCc1ccc(I)cc1. The lowest BCUT2D eigenvalue weighted by Crippen LogP contribution is -2.06. The van der Waals surface area contributed by atoms with E-state index in [1.165, 1.54) is 31.4 Å². The van der Waals surface area contributed by atoms with E-state index in [2.05, 4.69) is 43.5 Å². The summed E-state index contributed by atoms with van der Waals surface area (Å²) in [5.74, 6) is 0.267. The lowest BCUT2D eigenvalue weighted by atomic mass is 10.1. The average molecular weight is 670 g/mol. The van der Waals surface area contributed by atoms with Crippen molar-refractivity contribution < 1.29 is 23.9 Å². The van der Waals surface area contributed by atoms with Crippen molar-refractivity contribution in [3.63, 3.8) is 0 Å². The number of nitrogens with zero attached hydrogens (tertiary/aromatic N) is 2. The highest BCUT2D eigenvalue weighted by molar-refractivity contribution is 14.1. The normalized spacial score (nSPS) is 14.0. The molecule has 0 fully saturated rings. The Morgan fingerprint density at radius 3 is 2.60 bits per heavy atom. The fraction of sp³-hybridized carbons (Fsp3) is 0.0833. The average Bonchev–Trinajstić information content (AvgIpc) is 3.18. The molecule has 35 heavy (non-hydrogen) atoms. The van der Waals surface area contributed by atoms with Crippen molar-refractivity contribution in [2.45, 2.75) is 6.61 Å². The van der Waals surface area contributed by atoms with Gasteiger partial charge in [0.2, 0.25) is 5.90 Å². The van der Waals surface area contributed by atoms with Crippen LogP contribution in [-0.2, 0) is 16.1 Å². The van der Waals surface area contributed by atoms with Crippen LogP contribution in [0.3, 0.4) is 0 Å². The number of carbonyl (C=O) groups excluding carboxylic acids is 1. The number of methoxy groups -OCH3 is 1. The Bertz CT molecular complexity index is 1390. The number of hydrogen-bond acceptors (Lipinski definition) is 7. The second-order valence-corrected chi connectivity index (χ2v) is 9.71. The largest absolute Gasteiger partial charge is 0.493 e. The first-order valence-electron chi connectivity index (χ1n) is 9.97. The van der Waals surface area contributed by atoms with Gasteiger partial charge in [-0.1, -0.05) is 23.7 Å². The molecule has 0 atom stereocenters. The van der Waals surface area contributed by atoms with E-state index in [0.717, 1.165) is 9.13 Å². The van der Waals surface area contributed by atoms with E-state index in [-0.39, 0.29) is 27.9 Å². The molecule has 0 unspecified atom stereocenters. The molecule has 1 aliphatic rings. The molecule has 0 aromatic heterocycles. The van der Waals surface area contributed by atoms with Crippen LogP contribution in [0.1, 0.15) is 16.7 Å². The van der Waals surface area contributed by atoms with Gasteiger partial charge in [-0.2, -0.15) is 0 Å². The highest BCUT2D eigenvalue weighted by Gasteiger charge is 2.27. The number of rotatable bonds is 7. The van der Waals surface area contributed by atoms with Gasteiger partial charge in [-0.25, -0.2) is 9.79 Å². The highest BCUT2D eigenvalue weighted by atomic mass is 127. The van der Waals surface area contributed by atoms with Gasteiger partial charge in [0.1, 0.15) is 6.61 Å². The van der Waals surface area contributed by atoms with Crippen molar-refractivity contribution >= 4 is 73.8 Å². The fourth-order valence-electron chi connectivity index (χ4n) is 3.17. The van der Waals surface area contributed by atoms with Crippen molar-refractivity contribution in [1.29, 1.82) is 0 Å². The second-order valence-electron chi connectivity index (χ2n) is 7.21. The first-order chi connectivity index (χ1) is 16.7. The summed E-state index contributed by atoms with van der Waals surface area (Å²) >= 11 is 11.9. The summed E-state index contributed by atoms with van der Waals surface area (Å²) in [5.41, 5.74) is 1.75. The predicted octanol–water partition coefficient (Wildman–Crippen LogP) is 6.55. The number of halogens is 3. The number of carbonyl (C=O) groups is 1. The van der Waals surface area contributed by atoms with Crippen molar-refractivity contribution in [3.05, 3.63) is 100 Å². The minimum Gasteiger partial charge on any atom is -0.493 e. The van der Waals surface area contributed by atoms with Crippen molar-refractivity contribution in [2.24, 2.45) is 4.99 Å². The van der Waals surface area contributed by atoms with Gasteiger partial charge >= 0.3 is 5.97 Å². The molecule has 0 bridgehead atoms. The third kappa shape index (κ3) is 5.82. The zero-order valence-electron chi connectivity index (χ0n) is 18.0. The topological polar surface area (TPSA) is 100 Å². The molecule has 3 aromatic carbocycles. The first-order valence-corrected chi connectivity index (χ1v) is 12.2. The fourth-order valence-corrected chi connectivity index (χ4v) is 4.36. The number of hydrogen-bond donors (Lipinski definition) is 0. The van der Waals surface area contributed by atoms with Gasteiger partial charge in [0.15, 0.2) is 17.2 Å². The van der Waals surface area contributed by atoms with E-state index >= 15 is 0 Å². The van der Waals surface area contributed by atoms with Crippen LogP contribution in [0.25, 0.3) is 6.08 Å². The van der Waals surface area contributed by atoms with E-state index in [1.54, 1.807) is 12.1 Å². The number of ether oxygens (including phenoxy) is 3. The van der Waals surface area contributed by atoms with Crippen LogP contribution < -0.4 is 9.47 Å². The summed E-state index contributed by atoms with van der Waals surface area (Å²) in [6.45, 7) is 0.349. The van der Waals surface area contributed by atoms with Crippen LogP contribution in [-0.4, -0.2) is 23.9 Å². The number of non-ortho nitro benzene ring substituents is 1. The molecule has 178 valence electrons.